The van der Waals surface area contributed by atoms with Crippen LogP contribution in [0.3, 0.4) is 0 Å². The Kier molecular flexibility index (Phi) is 4.45. The van der Waals surface area contributed by atoms with Gasteiger partial charge in [-0.25, -0.2) is 0 Å². The fraction of sp³-hybridized carbons (Fsp3) is 0.562. The summed E-state index contributed by atoms with van der Waals surface area (Å²) in [5, 5.41) is 3.18. The van der Waals surface area contributed by atoms with Crippen molar-refractivity contribution < 1.29 is 14.3 Å². The second kappa shape index (κ2) is 6.34. The van der Waals surface area contributed by atoms with Crippen molar-refractivity contribution in [3.63, 3.8) is 0 Å². The van der Waals surface area contributed by atoms with Crippen LogP contribution in [0, 0.1) is 5.92 Å². The molecule has 1 atom stereocenters. The number of likely N-dealkylation sites (tertiary alicyclic amines) is 1. The lowest BCUT2D eigenvalue weighted by Crippen LogP contribution is -2.51. The molecule has 1 unspecified atom stereocenters. The van der Waals surface area contributed by atoms with Crippen LogP contribution in [0.4, 0.5) is 0 Å². The van der Waals surface area contributed by atoms with Gasteiger partial charge in [0.25, 0.3) is 0 Å². The first-order valence-corrected chi connectivity index (χ1v) is 7.74. The zero-order valence-electron chi connectivity index (χ0n) is 12.4. The third-order valence-electron chi connectivity index (χ3n) is 4.62. The number of nitrogens with zero attached hydrogens (tertiary/aromatic N) is 1. The van der Waals surface area contributed by atoms with Gasteiger partial charge in [0.1, 0.15) is 13.2 Å². The molecule has 0 aromatic heterocycles. The Morgan fingerprint density at radius 2 is 2.05 bits per heavy atom. The first-order valence-electron chi connectivity index (χ1n) is 7.74. The van der Waals surface area contributed by atoms with Crippen molar-refractivity contribution in [3.8, 4) is 11.5 Å². The van der Waals surface area contributed by atoms with E-state index in [1.807, 2.05) is 17.0 Å². The predicted molar refractivity (Wildman–Crippen MR) is 84.7 cm³/mol. The smallest absolute Gasteiger partial charge is 0.228 e. The van der Waals surface area contributed by atoms with Crippen LogP contribution in [0.5, 0.6) is 11.5 Å². The van der Waals surface area contributed by atoms with Gasteiger partial charge in [0.05, 0.1) is 12.0 Å². The Bertz CT molecular complexity index is 562. The Balaban J connectivity index is 0.00000144. The lowest BCUT2D eigenvalue weighted by molar-refractivity contribution is -0.138. The lowest BCUT2D eigenvalue weighted by atomic mass is 9.98. The van der Waals surface area contributed by atoms with E-state index in [2.05, 4.69) is 11.4 Å². The molecule has 2 fully saturated rings. The molecule has 3 heterocycles. The highest BCUT2D eigenvalue weighted by Crippen LogP contribution is 2.43. The standard InChI is InChI=1S/C16H20N2O3.ClH/c19-16(11-9-17-10-11)18-6-2-4-13(18)12-3-1-5-14-15(12)21-8-7-20-14;/h1,3,5,11,13,17H,2,4,6-10H2;1H. The van der Waals surface area contributed by atoms with Gasteiger partial charge < -0.3 is 19.7 Å². The van der Waals surface area contributed by atoms with Crippen LogP contribution in [0.15, 0.2) is 18.2 Å². The van der Waals surface area contributed by atoms with Crippen molar-refractivity contribution in [3.05, 3.63) is 23.8 Å². The number of carbonyl (C=O) groups excluding carboxylic acids is 1. The number of para-hydroxylation sites is 1. The van der Waals surface area contributed by atoms with Crippen molar-refractivity contribution in [1.82, 2.24) is 10.2 Å². The van der Waals surface area contributed by atoms with E-state index in [9.17, 15) is 4.79 Å². The van der Waals surface area contributed by atoms with Crippen LogP contribution in [-0.2, 0) is 4.79 Å². The van der Waals surface area contributed by atoms with Crippen molar-refractivity contribution in [2.24, 2.45) is 5.92 Å². The summed E-state index contributed by atoms with van der Waals surface area (Å²) >= 11 is 0. The first kappa shape index (κ1) is 15.4. The molecule has 0 spiro atoms. The van der Waals surface area contributed by atoms with E-state index in [1.165, 1.54) is 0 Å². The maximum Gasteiger partial charge on any atom is 0.228 e. The first-order chi connectivity index (χ1) is 10.3. The Morgan fingerprint density at radius 1 is 1.23 bits per heavy atom. The number of amides is 1. The van der Waals surface area contributed by atoms with Gasteiger partial charge >= 0.3 is 0 Å². The minimum atomic E-state index is 0. The normalized spacial score (nSPS) is 23.6. The summed E-state index contributed by atoms with van der Waals surface area (Å²) in [5.41, 5.74) is 1.10. The van der Waals surface area contributed by atoms with Crippen molar-refractivity contribution >= 4 is 18.3 Å². The van der Waals surface area contributed by atoms with Crippen LogP contribution >= 0.6 is 12.4 Å². The Labute approximate surface area is 136 Å². The highest BCUT2D eigenvalue weighted by molar-refractivity contribution is 5.85. The van der Waals surface area contributed by atoms with E-state index < -0.39 is 0 Å². The molecule has 120 valence electrons. The molecule has 5 nitrogen and oxygen atoms in total. The molecule has 1 amide bonds. The number of hydrogen-bond donors (Lipinski definition) is 1. The molecular formula is C16H21ClN2O3. The highest BCUT2D eigenvalue weighted by atomic mass is 35.5. The molecule has 0 aliphatic carbocycles. The van der Waals surface area contributed by atoms with Gasteiger partial charge in [-0.3, -0.25) is 4.79 Å². The van der Waals surface area contributed by atoms with Crippen LogP contribution in [0.1, 0.15) is 24.4 Å². The molecule has 1 N–H and O–H groups in total. The Morgan fingerprint density at radius 3 is 2.82 bits per heavy atom. The lowest BCUT2D eigenvalue weighted by Gasteiger charge is -2.34. The minimum Gasteiger partial charge on any atom is -0.486 e. The molecule has 0 saturated carbocycles. The van der Waals surface area contributed by atoms with Gasteiger partial charge in [0.2, 0.25) is 5.91 Å². The minimum absolute atomic E-state index is 0. The number of fused-ring (bicyclic) bond motifs is 1. The number of halogens is 1. The fourth-order valence-corrected chi connectivity index (χ4v) is 3.41. The van der Waals surface area contributed by atoms with E-state index in [4.69, 9.17) is 9.47 Å². The monoisotopic (exact) mass is 324 g/mol. The molecule has 2 saturated heterocycles. The maximum atomic E-state index is 12.6. The van der Waals surface area contributed by atoms with Gasteiger partial charge in [-0.15, -0.1) is 12.4 Å². The average molecular weight is 325 g/mol. The summed E-state index contributed by atoms with van der Waals surface area (Å²) in [4.78, 5) is 14.6. The predicted octanol–water partition coefficient (Wildman–Crippen LogP) is 1.76. The van der Waals surface area contributed by atoms with Gasteiger partial charge in [-0.05, 0) is 18.9 Å². The summed E-state index contributed by atoms with van der Waals surface area (Å²) in [6, 6.07) is 6.14. The molecule has 6 heteroatoms. The van der Waals surface area contributed by atoms with Crippen molar-refractivity contribution in [2.45, 2.75) is 18.9 Å². The SMILES string of the molecule is Cl.O=C(C1CNC1)N1CCCC1c1cccc2c1OCCO2. The van der Waals surface area contributed by atoms with Gasteiger partial charge in [0.15, 0.2) is 11.5 Å². The van der Waals surface area contributed by atoms with Crippen LogP contribution in [-0.4, -0.2) is 43.7 Å². The second-order valence-electron chi connectivity index (χ2n) is 5.92. The molecule has 1 aromatic carbocycles. The summed E-state index contributed by atoms with van der Waals surface area (Å²) in [5.74, 6) is 2.08. The van der Waals surface area contributed by atoms with Gasteiger partial charge in [-0.1, -0.05) is 12.1 Å². The van der Waals surface area contributed by atoms with E-state index >= 15 is 0 Å². The van der Waals surface area contributed by atoms with E-state index in [1.54, 1.807) is 0 Å². The number of benzene rings is 1. The molecular weight excluding hydrogens is 304 g/mol. The second-order valence-corrected chi connectivity index (χ2v) is 5.92. The quantitative estimate of drug-likeness (QED) is 0.900. The molecule has 3 aliphatic rings. The maximum absolute atomic E-state index is 12.6. The number of ether oxygens (including phenoxy) is 2. The molecule has 4 rings (SSSR count). The Hall–Kier alpha value is -1.46. The summed E-state index contributed by atoms with van der Waals surface area (Å²) < 4.78 is 11.5. The zero-order valence-corrected chi connectivity index (χ0v) is 13.2. The van der Waals surface area contributed by atoms with Crippen LogP contribution in [0.2, 0.25) is 0 Å². The van der Waals surface area contributed by atoms with E-state index in [-0.39, 0.29) is 30.3 Å². The van der Waals surface area contributed by atoms with E-state index in [0.717, 1.165) is 49.5 Å². The summed E-state index contributed by atoms with van der Waals surface area (Å²) in [6.07, 6.45) is 2.06. The van der Waals surface area contributed by atoms with Gasteiger partial charge in [0, 0.05) is 25.2 Å². The van der Waals surface area contributed by atoms with E-state index in [0.29, 0.717) is 13.2 Å². The molecule has 0 radical (unpaired) electrons. The topological polar surface area (TPSA) is 50.8 Å². The summed E-state index contributed by atoms with van der Waals surface area (Å²) in [6.45, 7) is 3.66. The third-order valence-corrected chi connectivity index (χ3v) is 4.62. The number of carbonyl (C=O) groups is 1. The largest absolute Gasteiger partial charge is 0.486 e. The summed E-state index contributed by atoms with van der Waals surface area (Å²) in [7, 11) is 0. The zero-order chi connectivity index (χ0) is 14.2. The van der Waals surface area contributed by atoms with Crippen molar-refractivity contribution in [1.29, 1.82) is 0 Å². The van der Waals surface area contributed by atoms with Crippen LogP contribution < -0.4 is 14.8 Å². The highest BCUT2D eigenvalue weighted by Gasteiger charge is 2.37. The number of rotatable bonds is 2. The van der Waals surface area contributed by atoms with Crippen molar-refractivity contribution in [2.75, 3.05) is 32.8 Å². The number of hydrogen-bond acceptors (Lipinski definition) is 4. The molecule has 0 bridgehead atoms. The molecule has 3 aliphatic heterocycles. The molecule has 1 aromatic rings. The van der Waals surface area contributed by atoms with Crippen LogP contribution in [0.25, 0.3) is 0 Å². The van der Waals surface area contributed by atoms with Gasteiger partial charge in [-0.2, -0.15) is 0 Å². The number of nitrogens with one attached hydrogen (secondary N) is 1. The fourth-order valence-electron chi connectivity index (χ4n) is 3.41. The average Bonchev–Trinajstić information content (AvgIpc) is 2.94. The molecule has 22 heavy (non-hydrogen) atoms. The third kappa shape index (κ3) is 2.52.